The molecule has 0 bridgehead atoms. The molecule has 2 amide bonds. The lowest BCUT2D eigenvalue weighted by molar-refractivity contribution is -0.131. The molecule has 1 saturated heterocycles. The molecule has 1 atom stereocenters. The molecule has 1 aliphatic heterocycles. The lowest BCUT2D eigenvalue weighted by Gasteiger charge is -2.24. The minimum absolute atomic E-state index is 0.0708. The van der Waals surface area contributed by atoms with Gasteiger partial charge >= 0.3 is 0 Å². The fourth-order valence-corrected chi connectivity index (χ4v) is 4.30. The molecule has 3 aromatic carbocycles. The van der Waals surface area contributed by atoms with E-state index >= 15 is 0 Å². The van der Waals surface area contributed by atoms with E-state index in [1.165, 1.54) is 17.0 Å². The molecular weight excluding hydrogens is 465 g/mol. The van der Waals surface area contributed by atoms with Crippen LogP contribution in [0.3, 0.4) is 0 Å². The highest BCUT2D eigenvalue weighted by Gasteiger charge is 2.43. The van der Waals surface area contributed by atoms with Crippen molar-refractivity contribution in [2.75, 3.05) is 11.9 Å². The summed E-state index contributed by atoms with van der Waals surface area (Å²) >= 11 is 5.67. The molecule has 0 saturated carbocycles. The summed E-state index contributed by atoms with van der Waals surface area (Å²) < 4.78 is 18.8. The lowest BCUT2D eigenvalue weighted by Crippen LogP contribution is -2.37. The molecule has 0 aliphatic carbocycles. The zero-order valence-electron chi connectivity index (χ0n) is 19.3. The summed E-state index contributed by atoms with van der Waals surface area (Å²) in [4.78, 5) is 29.6. The number of rotatable bonds is 9. The van der Waals surface area contributed by atoms with Gasteiger partial charge in [0.2, 0.25) is 5.91 Å². The summed E-state index contributed by atoms with van der Waals surface area (Å²) in [6.07, 6.45) is -0.0708. The number of nitrogens with one attached hydrogen (secondary N) is 1. The standard InChI is InChI=1S/C27H26FN3O3S/c1-2-34-23-14-12-22(13-15-23)29-25(32)16-24-26(33)31(18-19-6-4-3-5-7-19)27(35)30(24)17-20-8-10-21(28)11-9-20/h3-15,24H,2,16-18H2,1H3,(H,29,32). The van der Waals surface area contributed by atoms with Gasteiger partial charge in [0.15, 0.2) is 5.11 Å². The van der Waals surface area contributed by atoms with Gasteiger partial charge in [-0.3, -0.25) is 14.5 Å². The van der Waals surface area contributed by atoms with Crippen LogP contribution in [0.25, 0.3) is 0 Å². The maximum atomic E-state index is 13.4. The highest BCUT2D eigenvalue weighted by Crippen LogP contribution is 2.26. The zero-order chi connectivity index (χ0) is 24.8. The van der Waals surface area contributed by atoms with Crippen LogP contribution >= 0.6 is 12.2 Å². The van der Waals surface area contributed by atoms with Crippen molar-refractivity contribution in [3.8, 4) is 5.75 Å². The number of nitrogens with zero attached hydrogens (tertiary/aromatic N) is 2. The number of benzene rings is 3. The van der Waals surface area contributed by atoms with Crippen LogP contribution in [0, 0.1) is 5.82 Å². The first-order chi connectivity index (χ1) is 16.9. The Morgan fingerprint density at radius 1 is 0.971 bits per heavy atom. The van der Waals surface area contributed by atoms with Crippen LogP contribution in [0.15, 0.2) is 78.9 Å². The predicted molar refractivity (Wildman–Crippen MR) is 136 cm³/mol. The normalized spacial score (nSPS) is 15.4. The second-order valence-corrected chi connectivity index (χ2v) is 8.54. The summed E-state index contributed by atoms with van der Waals surface area (Å²) in [5, 5.41) is 3.19. The van der Waals surface area contributed by atoms with Crippen LogP contribution in [0.2, 0.25) is 0 Å². The first-order valence-corrected chi connectivity index (χ1v) is 11.8. The largest absolute Gasteiger partial charge is 0.494 e. The summed E-state index contributed by atoms with van der Waals surface area (Å²) in [5.41, 5.74) is 2.34. The molecule has 1 fully saturated rings. The van der Waals surface area contributed by atoms with Crippen LogP contribution in [-0.4, -0.2) is 39.4 Å². The minimum atomic E-state index is -0.765. The molecule has 1 aliphatic rings. The number of hydrogen-bond donors (Lipinski definition) is 1. The van der Waals surface area contributed by atoms with Crippen molar-refractivity contribution in [1.82, 2.24) is 9.80 Å². The number of anilines is 1. The minimum Gasteiger partial charge on any atom is -0.494 e. The van der Waals surface area contributed by atoms with Gasteiger partial charge in [0.25, 0.3) is 5.91 Å². The quantitative estimate of drug-likeness (QED) is 0.438. The van der Waals surface area contributed by atoms with Crippen LogP contribution in [-0.2, 0) is 22.7 Å². The van der Waals surface area contributed by atoms with E-state index in [0.29, 0.717) is 29.7 Å². The maximum Gasteiger partial charge on any atom is 0.252 e. The van der Waals surface area contributed by atoms with Gasteiger partial charge in [-0.05, 0) is 66.7 Å². The van der Waals surface area contributed by atoms with Gasteiger partial charge in [-0.15, -0.1) is 0 Å². The van der Waals surface area contributed by atoms with Gasteiger partial charge in [0, 0.05) is 12.2 Å². The Morgan fingerprint density at radius 3 is 2.29 bits per heavy atom. The molecule has 180 valence electrons. The number of carbonyl (C=O) groups is 2. The van der Waals surface area contributed by atoms with Gasteiger partial charge in [-0.25, -0.2) is 4.39 Å². The van der Waals surface area contributed by atoms with E-state index in [-0.39, 0.29) is 30.6 Å². The average molecular weight is 492 g/mol. The maximum absolute atomic E-state index is 13.4. The van der Waals surface area contributed by atoms with Gasteiger partial charge in [-0.1, -0.05) is 42.5 Å². The van der Waals surface area contributed by atoms with Crippen molar-refractivity contribution in [2.45, 2.75) is 32.5 Å². The van der Waals surface area contributed by atoms with Crippen LogP contribution in [0.4, 0.5) is 10.1 Å². The topological polar surface area (TPSA) is 61.9 Å². The monoisotopic (exact) mass is 491 g/mol. The number of amides is 2. The van der Waals surface area contributed by atoms with Crippen molar-refractivity contribution in [3.05, 3.63) is 95.8 Å². The van der Waals surface area contributed by atoms with Crippen LogP contribution < -0.4 is 10.1 Å². The van der Waals surface area contributed by atoms with E-state index in [2.05, 4.69) is 5.32 Å². The van der Waals surface area contributed by atoms with E-state index in [0.717, 1.165) is 11.1 Å². The third-order valence-electron chi connectivity index (χ3n) is 5.68. The van der Waals surface area contributed by atoms with E-state index in [1.54, 1.807) is 41.3 Å². The predicted octanol–water partition coefficient (Wildman–Crippen LogP) is 4.75. The Hall–Kier alpha value is -3.78. The molecular formula is C27H26FN3O3S. The Kier molecular flexibility index (Phi) is 7.72. The Bertz CT molecular complexity index is 1190. The molecule has 3 aromatic rings. The third-order valence-corrected chi connectivity index (χ3v) is 6.14. The van der Waals surface area contributed by atoms with Crippen molar-refractivity contribution in [1.29, 1.82) is 0 Å². The molecule has 4 rings (SSSR count). The van der Waals surface area contributed by atoms with E-state index in [9.17, 15) is 14.0 Å². The molecule has 8 heteroatoms. The molecule has 35 heavy (non-hydrogen) atoms. The van der Waals surface area contributed by atoms with Gasteiger partial charge in [0.05, 0.1) is 19.6 Å². The first-order valence-electron chi connectivity index (χ1n) is 11.4. The molecule has 0 spiro atoms. The van der Waals surface area contributed by atoms with E-state index in [1.807, 2.05) is 37.3 Å². The fraction of sp³-hybridized carbons (Fsp3) is 0.222. The van der Waals surface area contributed by atoms with Crippen molar-refractivity contribution in [2.24, 2.45) is 0 Å². The molecule has 1 N–H and O–H groups in total. The second kappa shape index (κ2) is 11.1. The fourth-order valence-electron chi connectivity index (χ4n) is 3.96. The summed E-state index contributed by atoms with van der Waals surface area (Å²) in [6, 6.07) is 21.9. The van der Waals surface area contributed by atoms with Crippen molar-refractivity contribution in [3.63, 3.8) is 0 Å². The highest BCUT2D eigenvalue weighted by atomic mass is 32.1. The van der Waals surface area contributed by atoms with Gasteiger partial charge in [-0.2, -0.15) is 0 Å². The molecule has 1 heterocycles. The van der Waals surface area contributed by atoms with E-state index < -0.39 is 6.04 Å². The smallest absolute Gasteiger partial charge is 0.252 e. The van der Waals surface area contributed by atoms with Crippen molar-refractivity contribution >= 4 is 34.8 Å². The zero-order valence-corrected chi connectivity index (χ0v) is 20.1. The summed E-state index contributed by atoms with van der Waals surface area (Å²) in [6.45, 7) is 3.06. The number of hydrogen-bond acceptors (Lipinski definition) is 4. The molecule has 6 nitrogen and oxygen atoms in total. The first kappa shape index (κ1) is 24.3. The molecule has 1 unspecified atom stereocenters. The van der Waals surface area contributed by atoms with E-state index in [4.69, 9.17) is 17.0 Å². The Labute approximate surface area is 209 Å². The summed E-state index contributed by atoms with van der Waals surface area (Å²) in [7, 11) is 0. The number of halogens is 1. The third kappa shape index (κ3) is 6.02. The number of thiocarbonyl (C=S) groups is 1. The Morgan fingerprint density at radius 2 is 1.63 bits per heavy atom. The van der Waals surface area contributed by atoms with Gasteiger partial charge < -0.3 is 15.0 Å². The Balaban J connectivity index is 1.52. The summed E-state index contributed by atoms with van der Waals surface area (Å²) in [5.74, 6) is -0.168. The molecule has 0 aromatic heterocycles. The second-order valence-electron chi connectivity index (χ2n) is 8.17. The highest BCUT2D eigenvalue weighted by molar-refractivity contribution is 7.80. The SMILES string of the molecule is CCOc1ccc(NC(=O)CC2C(=O)N(Cc3ccccc3)C(=S)N2Cc2ccc(F)cc2)cc1. The number of carbonyl (C=O) groups excluding carboxylic acids is 2. The van der Waals surface area contributed by atoms with Crippen molar-refractivity contribution < 1.29 is 18.7 Å². The van der Waals surface area contributed by atoms with Gasteiger partial charge in [0.1, 0.15) is 17.6 Å². The lowest BCUT2D eigenvalue weighted by atomic mass is 10.1. The molecule has 0 radical (unpaired) electrons. The number of ether oxygens (including phenoxy) is 1. The average Bonchev–Trinajstić information content (AvgIpc) is 3.06. The van der Waals surface area contributed by atoms with Crippen LogP contribution in [0.1, 0.15) is 24.5 Å². The van der Waals surface area contributed by atoms with Crippen LogP contribution in [0.5, 0.6) is 5.75 Å².